The van der Waals surface area contributed by atoms with E-state index in [-0.39, 0.29) is 5.25 Å². The zero-order valence-corrected chi connectivity index (χ0v) is 11.4. The second-order valence-electron chi connectivity index (χ2n) is 4.24. The first-order valence-electron chi connectivity index (χ1n) is 5.64. The maximum absolute atomic E-state index is 10.3. The van der Waals surface area contributed by atoms with Crippen molar-refractivity contribution >= 4 is 28.2 Å². The van der Waals surface area contributed by atoms with Gasteiger partial charge in [-0.1, -0.05) is 29.2 Å². The topological polar surface area (TPSA) is 95.8 Å². The van der Waals surface area contributed by atoms with Crippen LogP contribution < -0.4 is 5.73 Å². The molecule has 3 rings (SSSR count). The highest BCUT2D eigenvalue weighted by Gasteiger charge is 2.32. The minimum Gasteiger partial charge on any atom is -0.387 e. The Balaban J connectivity index is 1.83. The minimum atomic E-state index is -0.585. The van der Waals surface area contributed by atoms with E-state index in [9.17, 15) is 5.11 Å². The van der Waals surface area contributed by atoms with E-state index in [4.69, 9.17) is 11.0 Å². The van der Waals surface area contributed by atoms with Crippen LogP contribution in [0.1, 0.15) is 22.8 Å². The van der Waals surface area contributed by atoms with Crippen LogP contribution in [-0.4, -0.2) is 20.6 Å². The molecule has 1 aromatic carbocycles. The molecule has 96 valence electrons. The van der Waals surface area contributed by atoms with Gasteiger partial charge >= 0.3 is 0 Å². The maximum Gasteiger partial charge on any atom is 0.203 e. The van der Waals surface area contributed by atoms with E-state index in [1.807, 2.05) is 6.07 Å². The molecule has 0 aliphatic heterocycles. The highest BCUT2D eigenvalue weighted by atomic mass is 32.2. The van der Waals surface area contributed by atoms with Crippen molar-refractivity contribution in [3.05, 3.63) is 34.9 Å². The average molecular weight is 290 g/mol. The largest absolute Gasteiger partial charge is 0.387 e. The van der Waals surface area contributed by atoms with Crippen LogP contribution in [0.2, 0.25) is 0 Å². The lowest BCUT2D eigenvalue weighted by Crippen LogP contribution is -2.09. The number of nitrogens with zero attached hydrogens (tertiary/aromatic N) is 3. The molecule has 0 amide bonds. The quantitative estimate of drug-likeness (QED) is 0.874. The fourth-order valence-electron chi connectivity index (χ4n) is 2.16. The summed E-state index contributed by atoms with van der Waals surface area (Å²) in [6, 6.07) is 7.54. The first kappa shape index (κ1) is 12.4. The number of aromatic nitrogens is 2. The molecule has 1 aromatic heterocycles. The first-order valence-corrected chi connectivity index (χ1v) is 7.33. The van der Waals surface area contributed by atoms with Gasteiger partial charge in [0.1, 0.15) is 0 Å². The summed E-state index contributed by atoms with van der Waals surface area (Å²) in [4.78, 5) is 0. The van der Waals surface area contributed by atoms with Crippen molar-refractivity contribution in [2.45, 2.75) is 22.1 Å². The van der Waals surface area contributed by atoms with Crippen molar-refractivity contribution < 1.29 is 5.11 Å². The van der Waals surface area contributed by atoms with Gasteiger partial charge in [-0.3, -0.25) is 0 Å². The van der Waals surface area contributed by atoms with E-state index < -0.39 is 6.10 Å². The lowest BCUT2D eigenvalue weighted by Gasteiger charge is -2.12. The summed E-state index contributed by atoms with van der Waals surface area (Å²) >= 11 is 2.80. The molecule has 0 unspecified atom stereocenters. The van der Waals surface area contributed by atoms with Crippen LogP contribution in [0.5, 0.6) is 0 Å². The molecule has 0 saturated heterocycles. The third-order valence-electron chi connectivity index (χ3n) is 3.04. The second-order valence-corrected chi connectivity index (χ2v) is 6.73. The van der Waals surface area contributed by atoms with Gasteiger partial charge in [-0.25, -0.2) is 0 Å². The van der Waals surface area contributed by atoms with Gasteiger partial charge in [-0.2, -0.15) is 5.26 Å². The number of aliphatic hydroxyl groups excluding tert-OH is 1. The summed E-state index contributed by atoms with van der Waals surface area (Å²) in [5.41, 5.74) is 8.04. The van der Waals surface area contributed by atoms with Crippen LogP contribution in [0.3, 0.4) is 0 Å². The maximum atomic E-state index is 10.3. The Morgan fingerprint density at radius 2 is 2.32 bits per heavy atom. The third-order valence-corrected chi connectivity index (χ3v) is 5.14. The number of nitrogen functional groups attached to an aromatic ring is 1. The van der Waals surface area contributed by atoms with E-state index >= 15 is 0 Å². The van der Waals surface area contributed by atoms with Gasteiger partial charge in [-0.05, 0) is 29.7 Å². The van der Waals surface area contributed by atoms with E-state index in [1.165, 1.54) is 23.1 Å². The fraction of sp³-hybridized carbons (Fsp3) is 0.250. The molecule has 0 bridgehead atoms. The summed E-state index contributed by atoms with van der Waals surface area (Å²) in [5, 5.41) is 27.4. The highest BCUT2D eigenvalue weighted by molar-refractivity contribution is 8.01. The number of benzene rings is 1. The lowest BCUT2D eigenvalue weighted by atomic mass is 10.1. The van der Waals surface area contributed by atoms with Crippen LogP contribution >= 0.6 is 23.1 Å². The molecular weight excluding hydrogens is 280 g/mol. The number of hydrogen-bond acceptors (Lipinski definition) is 7. The van der Waals surface area contributed by atoms with Gasteiger partial charge in [0.05, 0.1) is 17.7 Å². The number of aliphatic hydroxyl groups is 1. The monoisotopic (exact) mass is 290 g/mol. The molecule has 0 saturated carbocycles. The Labute approximate surface area is 118 Å². The first-order chi connectivity index (χ1) is 9.17. The number of thioether (sulfide) groups is 1. The number of anilines is 1. The van der Waals surface area contributed by atoms with Gasteiger partial charge in [-0.15, -0.1) is 10.2 Å². The van der Waals surface area contributed by atoms with Crippen LogP contribution in [-0.2, 0) is 6.42 Å². The Kier molecular flexibility index (Phi) is 3.14. The van der Waals surface area contributed by atoms with Crippen LogP contribution in [0, 0.1) is 11.3 Å². The number of fused-ring (bicyclic) bond motifs is 1. The van der Waals surface area contributed by atoms with Gasteiger partial charge in [0.15, 0.2) is 4.34 Å². The molecule has 2 aromatic rings. The van der Waals surface area contributed by atoms with E-state index in [2.05, 4.69) is 16.3 Å². The predicted octanol–water partition coefficient (Wildman–Crippen LogP) is 1.74. The normalized spacial score (nSPS) is 21.1. The average Bonchev–Trinajstić information content (AvgIpc) is 2.95. The highest BCUT2D eigenvalue weighted by Crippen LogP contribution is 2.42. The molecule has 0 fully saturated rings. The smallest absolute Gasteiger partial charge is 0.203 e. The molecule has 19 heavy (non-hydrogen) atoms. The molecule has 3 N–H and O–H groups in total. The molecule has 1 aliphatic carbocycles. The molecule has 2 atom stereocenters. The van der Waals surface area contributed by atoms with Gasteiger partial charge in [0.2, 0.25) is 5.13 Å². The van der Waals surface area contributed by atoms with E-state index in [0.29, 0.717) is 10.7 Å². The number of rotatable bonds is 2. The zero-order valence-electron chi connectivity index (χ0n) is 9.78. The number of hydrogen-bond donors (Lipinski definition) is 2. The van der Waals surface area contributed by atoms with Crippen LogP contribution in [0.15, 0.2) is 22.5 Å². The SMILES string of the molecule is N#Cc1ccc2c(c1)[C@@H](O)[C@H](Sc1nnc(N)s1)C2. The second kappa shape index (κ2) is 4.81. The predicted molar refractivity (Wildman–Crippen MR) is 73.8 cm³/mol. The summed E-state index contributed by atoms with van der Waals surface area (Å²) in [7, 11) is 0. The Morgan fingerprint density at radius 3 is 3.00 bits per heavy atom. The fourth-order valence-corrected chi connectivity index (χ4v) is 4.20. The zero-order chi connectivity index (χ0) is 13.4. The summed E-state index contributed by atoms with van der Waals surface area (Å²) in [5.74, 6) is 0. The van der Waals surface area contributed by atoms with Crippen molar-refractivity contribution in [1.82, 2.24) is 10.2 Å². The molecule has 0 radical (unpaired) electrons. The Hall–Kier alpha value is -1.62. The van der Waals surface area contributed by atoms with Crippen molar-refractivity contribution in [3.63, 3.8) is 0 Å². The standard InChI is InChI=1S/C12H10N4OS2/c13-5-6-1-2-7-4-9(10(17)8(7)3-6)18-12-16-15-11(14)19-12/h1-3,9-10,17H,4H2,(H2,14,15)/t9-,10-/m1/s1. The Morgan fingerprint density at radius 1 is 1.47 bits per heavy atom. The molecule has 7 heteroatoms. The number of nitriles is 1. The van der Waals surface area contributed by atoms with Gasteiger partial charge in [0.25, 0.3) is 0 Å². The molecular formula is C12H10N4OS2. The molecule has 1 aliphatic rings. The van der Waals surface area contributed by atoms with Crippen molar-refractivity contribution in [2.75, 3.05) is 5.73 Å². The van der Waals surface area contributed by atoms with Crippen molar-refractivity contribution in [1.29, 1.82) is 5.26 Å². The van der Waals surface area contributed by atoms with Gasteiger partial charge < -0.3 is 10.8 Å². The minimum absolute atomic E-state index is 0.00343. The van der Waals surface area contributed by atoms with Crippen molar-refractivity contribution in [3.8, 4) is 6.07 Å². The van der Waals surface area contributed by atoms with Crippen LogP contribution in [0.4, 0.5) is 5.13 Å². The summed E-state index contributed by atoms with van der Waals surface area (Å²) in [6.07, 6.45) is 0.172. The molecule has 5 nitrogen and oxygen atoms in total. The lowest BCUT2D eigenvalue weighted by molar-refractivity contribution is 0.185. The molecule has 0 spiro atoms. The van der Waals surface area contributed by atoms with Gasteiger partial charge in [0, 0.05) is 5.25 Å². The summed E-state index contributed by atoms with van der Waals surface area (Å²) in [6.45, 7) is 0. The van der Waals surface area contributed by atoms with E-state index in [0.717, 1.165) is 21.9 Å². The third kappa shape index (κ3) is 2.30. The Bertz CT molecular complexity index is 664. The molecule has 1 heterocycles. The number of nitrogens with two attached hydrogens (primary N) is 1. The van der Waals surface area contributed by atoms with Crippen molar-refractivity contribution in [2.24, 2.45) is 0 Å². The van der Waals surface area contributed by atoms with E-state index in [1.54, 1.807) is 12.1 Å². The summed E-state index contributed by atoms with van der Waals surface area (Å²) < 4.78 is 0.759. The van der Waals surface area contributed by atoms with Crippen LogP contribution in [0.25, 0.3) is 0 Å².